The Kier molecular flexibility index (Phi) is 6.10. The highest BCUT2D eigenvalue weighted by molar-refractivity contribution is 5.37. The van der Waals surface area contributed by atoms with Crippen LogP contribution in [0.3, 0.4) is 0 Å². The van der Waals surface area contributed by atoms with Gasteiger partial charge in [0.15, 0.2) is 0 Å². The van der Waals surface area contributed by atoms with E-state index in [2.05, 4.69) is 13.0 Å². The fourth-order valence-corrected chi connectivity index (χ4v) is 8.16. The minimum atomic E-state index is -0.133. The zero-order chi connectivity index (χ0) is 20.9. The van der Waals surface area contributed by atoms with E-state index < -0.39 is 0 Å². The van der Waals surface area contributed by atoms with E-state index in [1.54, 1.807) is 5.57 Å². The zero-order valence-corrected chi connectivity index (χ0v) is 19.1. The fraction of sp³-hybridized carbons (Fsp3) is 0.926. The van der Waals surface area contributed by atoms with E-state index in [1.807, 2.05) is 0 Å². The third kappa shape index (κ3) is 4.04. The molecule has 5 aliphatic carbocycles. The summed E-state index contributed by atoms with van der Waals surface area (Å²) >= 11 is 0. The van der Waals surface area contributed by atoms with E-state index in [0.717, 1.165) is 43.1 Å². The maximum absolute atomic E-state index is 11.3. The summed E-state index contributed by atoms with van der Waals surface area (Å²) in [4.78, 5) is 0. The molecular formula is C27H45NO2. The molecule has 0 saturated heterocycles. The molecule has 5 aliphatic rings. The van der Waals surface area contributed by atoms with Crippen molar-refractivity contribution in [1.29, 1.82) is 0 Å². The highest BCUT2D eigenvalue weighted by Gasteiger charge is 2.64. The second-order valence-corrected chi connectivity index (χ2v) is 12.1. The smallest absolute Gasteiger partial charge is 0.0627 e. The number of hydrogen-bond donors (Lipinski definition) is 3. The number of aliphatic hydroxyl groups is 2. The van der Waals surface area contributed by atoms with Crippen molar-refractivity contribution in [3.8, 4) is 0 Å². The van der Waals surface area contributed by atoms with Crippen molar-refractivity contribution >= 4 is 0 Å². The SMILES string of the molecule is CC(CCCN)C(O)C1CCC(C2CCC(C(O)C34CC5C=C5CC3C4)CC2)CC1. The lowest BCUT2D eigenvalue weighted by molar-refractivity contribution is -0.0123. The lowest BCUT2D eigenvalue weighted by atomic mass is 9.65. The molecule has 4 saturated carbocycles. The largest absolute Gasteiger partial charge is 0.393 e. The van der Waals surface area contributed by atoms with E-state index in [9.17, 15) is 10.2 Å². The molecule has 0 aromatic carbocycles. The van der Waals surface area contributed by atoms with Crippen LogP contribution in [-0.4, -0.2) is 29.0 Å². The summed E-state index contributed by atoms with van der Waals surface area (Å²) in [7, 11) is 0. The molecule has 4 N–H and O–H groups in total. The predicted molar refractivity (Wildman–Crippen MR) is 122 cm³/mol. The third-order valence-electron chi connectivity index (χ3n) is 10.4. The molecule has 3 heteroatoms. The summed E-state index contributed by atoms with van der Waals surface area (Å²) in [6, 6.07) is 0. The topological polar surface area (TPSA) is 66.5 Å². The number of nitrogens with two attached hydrogens (primary N) is 1. The second-order valence-electron chi connectivity index (χ2n) is 12.1. The summed E-state index contributed by atoms with van der Waals surface area (Å²) in [5.41, 5.74) is 7.66. The van der Waals surface area contributed by atoms with Gasteiger partial charge in [-0.05, 0) is 131 Å². The Morgan fingerprint density at radius 1 is 0.967 bits per heavy atom. The van der Waals surface area contributed by atoms with Gasteiger partial charge in [0.05, 0.1) is 12.2 Å². The van der Waals surface area contributed by atoms with Gasteiger partial charge in [-0.3, -0.25) is 0 Å². The monoisotopic (exact) mass is 415 g/mol. The number of allylic oxidation sites excluding steroid dienone is 2. The summed E-state index contributed by atoms with van der Waals surface area (Å²) < 4.78 is 0. The van der Waals surface area contributed by atoms with Gasteiger partial charge in [-0.25, -0.2) is 0 Å². The summed E-state index contributed by atoms with van der Waals surface area (Å²) in [6.45, 7) is 2.94. The van der Waals surface area contributed by atoms with Gasteiger partial charge in [0.2, 0.25) is 0 Å². The molecule has 170 valence electrons. The fourth-order valence-electron chi connectivity index (χ4n) is 8.16. The Bertz CT molecular complexity index is 631. The van der Waals surface area contributed by atoms with Crippen LogP contribution >= 0.6 is 0 Å². The van der Waals surface area contributed by atoms with Crippen molar-refractivity contribution in [2.75, 3.05) is 6.54 Å². The van der Waals surface area contributed by atoms with E-state index in [-0.39, 0.29) is 12.2 Å². The number of fused-ring (bicyclic) bond motifs is 2. The van der Waals surface area contributed by atoms with Gasteiger partial charge in [0.1, 0.15) is 0 Å². The van der Waals surface area contributed by atoms with E-state index in [0.29, 0.717) is 23.2 Å². The Morgan fingerprint density at radius 2 is 1.60 bits per heavy atom. The minimum absolute atomic E-state index is 0.0279. The van der Waals surface area contributed by atoms with Gasteiger partial charge in [-0.15, -0.1) is 0 Å². The Labute approximate surface area is 183 Å². The molecule has 0 radical (unpaired) electrons. The molecule has 0 bridgehead atoms. The molecule has 6 atom stereocenters. The number of hydrogen-bond acceptors (Lipinski definition) is 3. The van der Waals surface area contributed by atoms with E-state index in [4.69, 9.17) is 5.73 Å². The molecule has 0 heterocycles. The van der Waals surface area contributed by atoms with Crippen LogP contribution in [0.4, 0.5) is 0 Å². The highest BCUT2D eigenvalue weighted by atomic mass is 16.3. The van der Waals surface area contributed by atoms with Crippen LogP contribution in [0.5, 0.6) is 0 Å². The van der Waals surface area contributed by atoms with Gasteiger partial charge >= 0.3 is 0 Å². The summed E-state index contributed by atoms with van der Waals surface area (Å²) in [6.07, 6.45) is 18.5. The first kappa shape index (κ1) is 21.5. The molecule has 3 nitrogen and oxygen atoms in total. The van der Waals surface area contributed by atoms with Gasteiger partial charge < -0.3 is 15.9 Å². The molecule has 0 aromatic heterocycles. The standard InChI is InChI=1S/C27H45NO2/c1-17(3-2-12-28)25(29)20-8-4-18(5-9-20)19-6-10-21(11-7-19)26(30)27-15-23-13-22(23)14-24(27)16-27/h13,17-21,23-26,29-30H,2-12,14-16,28H2,1H3. The van der Waals surface area contributed by atoms with Gasteiger partial charge in [0.25, 0.3) is 0 Å². The Morgan fingerprint density at radius 3 is 2.23 bits per heavy atom. The molecule has 0 aliphatic heterocycles. The van der Waals surface area contributed by atoms with Crippen molar-refractivity contribution in [3.05, 3.63) is 11.6 Å². The Hall–Kier alpha value is -0.380. The molecular weight excluding hydrogens is 370 g/mol. The van der Waals surface area contributed by atoms with Crippen molar-refractivity contribution < 1.29 is 10.2 Å². The summed E-state index contributed by atoms with van der Waals surface area (Å²) in [5, 5.41) is 22.0. The van der Waals surface area contributed by atoms with Crippen molar-refractivity contribution in [2.45, 2.75) is 103 Å². The maximum atomic E-state index is 11.3. The van der Waals surface area contributed by atoms with Crippen LogP contribution in [0.1, 0.15) is 90.4 Å². The average molecular weight is 416 g/mol. The first-order valence-electron chi connectivity index (χ1n) is 13.3. The van der Waals surface area contributed by atoms with Crippen molar-refractivity contribution in [2.24, 2.45) is 52.6 Å². The first-order valence-corrected chi connectivity index (χ1v) is 13.3. The van der Waals surface area contributed by atoms with Crippen LogP contribution in [0.2, 0.25) is 0 Å². The maximum Gasteiger partial charge on any atom is 0.0627 e. The predicted octanol–water partition coefficient (Wildman–Crippen LogP) is 5.05. The van der Waals surface area contributed by atoms with Crippen LogP contribution in [0.15, 0.2) is 11.6 Å². The number of aliphatic hydroxyl groups excluding tert-OH is 2. The van der Waals surface area contributed by atoms with Gasteiger partial charge in [-0.2, -0.15) is 0 Å². The molecule has 30 heavy (non-hydrogen) atoms. The molecule has 6 unspecified atom stereocenters. The molecule has 0 spiro atoms. The second kappa shape index (κ2) is 8.52. The highest BCUT2D eigenvalue weighted by Crippen LogP contribution is 2.70. The van der Waals surface area contributed by atoms with Crippen LogP contribution < -0.4 is 5.73 Å². The Balaban J connectivity index is 1.06. The van der Waals surface area contributed by atoms with E-state index >= 15 is 0 Å². The van der Waals surface area contributed by atoms with Gasteiger partial charge in [-0.1, -0.05) is 18.6 Å². The zero-order valence-electron chi connectivity index (χ0n) is 19.1. The molecule has 5 rings (SSSR count). The normalized spacial score (nSPS) is 45.5. The molecule has 0 amide bonds. The molecule has 0 aromatic rings. The average Bonchev–Trinajstić information content (AvgIpc) is 3.69. The lowest BCUT2D eigenvalue weighted by Crippen LogP contribution is -2.38. The van der Waals surface area contributed by atoms with Crippen molar-refractivity contribution in [3.63, 3.8) is 0 Å². The first-order chi connectivity index (χ1) is 14.5. The third-order valence-corrected chi connectivity index (χ3v) is 10.4. The number of rotatable bonds is 8. The minimum Gasteiger partial charge on any atom is -0.393 e. The quantitative estimate of drug-likeness (QED) is 0.486. The van der Waals surface area contributed by atoms with Gasteiger partial charge in [0, 0.05) is 5.41 Å². The van der Waals surface area contributed by atoms with Crippen LogP contribution in [0, 0.1) is 46.8 Å². The van der Waals surface area contributed by atoms with E-state index in [1.165, 1.54) is 70.6 Å². The van der Waals surface area contributed by atoms with Crippen LogP contribution in [0.25, 0.3) is 0 Å². The van der Waals surface area contributed by atoms with Crippen molar-refractivity contribution in [1.82, 2.24) is 0 Å². The lowest BCUT2D eigenvalue weighted by Gasteiger charge is -2.42. The van der Waals surface area contributed by atoms with Crippen LogP contribution in [-0.2, 0) is 0 Å². The molecule has 4 fully saturated rings. The summed E-state index contributed by atoms with van der Waals surface area (Å²) in [5.74, 6) is 4.78.